The summed E-state index contributed by atoms with van der Waals surface area (Å²) in [7, 11) is 4.13. The van der Waals surface area contributed by atoms with Gasteiger partial charge in [-0.1, -0.05) is 19.9 Å². The molecule has 1 saturated heterocycles. The summed E-state index contributed by atoms with van der Waals surface area (Å²) in [4.78, 5) is 32.6. The number of carbonyl (C=O) groups is 2. The van der Waals surface area contributed by atoms with Crippen molar-refractivity contribution in [3.63, 3.8) is 0 Å². The van der Waals surface area contributed by atoms with Crippen molar-refractivity contribution in [1.82, 2.24) is 20.1 Å². The van der Waals surface area contributed by atoms with Crippen molar-refractivity contribution in [2.75, 3.05) is 33.7 Å². The van der Waals surface area contributed by atoms with Gasteiger partial charge >= 0.3 is 12.1 Å². The SMILES string of the molecule is CN(C)C1(c2ccccn2)CCC2(CC1)CC(=O)N(CC(C)(C)CNC(=O)C(F)(F)F)C2. The maximum atomic E-state index is 12.8. The van der Waals surface area contributed by atoms with Crippen molar-refractivity contribution in [2.24, 2.45) is 10.8 Å². The zero-order chi connectivity index (χ0) is 23.8. The van der Waals surface area contributed by atoms with Crippen molar-refractivity contribution in [1.29, 1.82) is 0 Å². The Morgan fingerprint density at radius 1 is 1.19 bits per heavy atom. The topological polar surface area (TPSA) is 65.5 Å². The number of alkyl halides is 3. The summed E-state index contributed by atoms with van der Waals surface area (Å²) in [6.45, 7) is 4.30. The van der Waals surface area contributed by atoms with E-state index >= 15 is 0 Å². The highest BCUT2D eigenvalue weighted by molar-refractivity contribution is 5.81. The Hall–Kier alpha value is -2.16. The first-order valence-electron chi connectivity index (χ1n) is 11.0. The standard InChI is InChI=1S/C23H33F3N4O2/c1-20(2,14-28-19(32)23(24,25)26)15-30-16-21(13-18(30)31)8-10-22(11-9-21,29(3)4)17-7-5-6-12-27-17/h5-7,12H,8-11,13-16H2,1-4H3,(H,28,32). The number of hydrogen-bond donors (Lipinski definition) is 1. The lowest BCUT2D eigenvalue weighted by atomic mass is 9.65. The highest BCUT2D eigenvalue weighted by Crippen LogP contribution is 2.52. The summed E-state index contributed by atoms with van der Waals surface area (Å²) < 4.78 is 37.5. The van der Waals surface area contributed by atoms with Crippen LogP contribution in [0.5, 0.6) is 0 Å². The Balaban J connectivity index is 1.64. The molecule has 1 aliphatic carbocycles. The summed E-state index contributed by atoms with van der Waals surface area (Å²) in [6.07, 6.45) is 0.921. The Bertz CT molecular complexity index is 831. The Morgan fingerprint density at radius 3 is 2.38 bits per heavy atom. The van der Waals surface area contributed by atoms with Crippen molar-refractivity contribution in [3.05, 3.63) is 30.1 Å². The smallest absolute Gasteiger partial charge is 0.348 e. The zero-order valence-electron chi connectivity index (χ0n) is 19.3. The minimum Gasteiger partial charge on any atom is -0.348 e. The molecule has 0 bridgehead atoms. The number of nitrogens with one attached hydrogen (secondary N) is 1. The molecule has 1 aliphatic heterocycles. The van der Waals surface area contributed by atoms with Crippen molar-refractivity contribution in [2.45, 2.75) is 57.7 Å². The molecule has 178 valence electrons. The van der Waals surface area contributed by atoms with Gasteiger partial charge in [0, 0.05) is 32.3 Å². The largest absolute Gasteiger partial charge is 0.471 e. The average Bonchev–Trinajstić information content (AvgIpc) is 3.00. The van der Waals surface area contributed by atoms with Gasteiger partial charge in [0.25, 0.3) is 0 Å². The van der Waals surface area contributed by atoms with E-state index in [1.54, 1.807) is 18.7 Å². The molecule has 1 saturated carbocycles. The van der Waals surface area contributed by atoms with Crippen LogP contribution in [0.15, 0.2) is 24.4 Å². The van der Waals surface area contributed by atoms with E-state index in [0.29, 0.717) is 19.5 Å². The van der Waals surface area contributed by atoms with Crippen LogP contribution in [0.4, 0.5) is 13.2 Å². The van der Waals surface area contributed by atoms with Crippen molar-refractivity contribution >= 4 is 11.8 Å². The second-order valence-corrected chi connectivity index (χ2v) is 10.4. The number of hydrogen-bond acceptors (Lipinski definition) is 4. The first kappa shape index (κ1) is 24.5. The highest BCUT2D eigenvalue weighted by Gasteiger charge is 2.51. The molecule has 9 heteroatoms. The Labute approximate surface area is 187 Å². The van der Waals surface area contributed by atoms with E-state index in [9.17, 15) is 22.8 Å². The lowest BCUT2D eigenvalue weighted by Crippen LogP contribution is -2.48. The van der Waals surface area contributed by atoms with Crippen LogP contribution in [0.3, 0.4) is 0 Å². The molecule has 0 unspecified atom stereocenters. The molecular weight excluding hydrogens is 421 g/mol. The van der Waals surface area contributed by atoms with Gasteiger partial charge in [-0.15, -0.1) is 0 Å². The first-order valence-corrected chi connectivity index (χ1v) is 11.0. The van der Waals surface area contributed by atoms with Crippen molar-refractivity contribution in [3.8, 4) is 0 Å². The zero-order valence-corrected chi connectivity index (χ0v) is 19.3. The summed E-state index contributed by atoms with van der Waals surface area (Å²) in [6, 6.07) is 5.96. The number of nitrogens with zero attached hydrogens (tertiary/aromatic N) is 3. The van der Waals surface area contributed by atoms with Crippen LogP contribution in [0.25, 0.3) is 0 Å². The second kappa shape index (κ2) is 8.65. The molecule has 2 heterocycles. The minimum atomic E-state index is -4.90. The fourth-order valence-electron chi connectivity index (χ4n) is 5.22. The molecule has 3 rings (SSSR count). The van der Waals surface area contributed by atoms with Crippen LogP contribution < -0.4 is 5.32 Å². The lowest BCUT2D eigenvalue weighted by Gasteiger charge is -2.48. The third-order valence-corrected chi connectivity index (χ3v) is 7.14. The van der Waals surface area contributed by atoms with Gasteiger partial charge < -0.3 is 10.2 Å². The van der Waals surface area contributed by atoms with Gasteiger partial charge in [0.05, 0.1) is 11.2 Å². The highest BCUT2D eigenvalue weighted by atomic mass is 19.4. The molecule has 0 aromatic carbocycles. The number of carbonyl (C=O) groups excluding carboxylic acids is 2. The van der Waals surface area contributed by atoms with Gasteiger partial charge in [0.15, 0.2) is 0 Å². The second-order valence-electron chi connectivity index (χ2n) is 10.4. The third kappa shape index (κ3) is 5.08. The molecule has 2 fully saturated rings. The Kier molecular flexibility index (Phi) is 6.62. The molecule has 1 spiro atoms. The molecule has 0 atom stereocenters. The molecule has 1 aromatic heterocycles. The summed E-state index contributed by atoms with van der Waals surface area (Å²) in [5, 5.41) is 1.95. The molecule has 0 radical (unpaired) electrons. The number of aromatic nitrogens is 1. The number of halogens is 3. The molecule has 2 amide bonds. The molecule has 1 aromatic rings. The average molecular weight is 455 g/mol. The first-order chi connectivity index (χ1) is 14.8. The van der Waals surface area contributed by atoms with Gasteiger partial charge in [0.2, 0.25) is 5.91 Å². The number of pyridine rings is 1. The van der Waals surface area contributed by atoms with Gasteiger partial charge in [-0.05, 0) is 62.7 Å². The molecule has 1 N–H and O–H groups in total. The van der Waals surface area contributed by atoms with Crippen molar-refractivity contribution < 1.29 is 22.8 Å². The quantitative estimate of drug-likeness (QED) is 0.716. The van der Waals surface area contributed by atoms with Gasteiger partial charge in [-0.25, -0.2) is 0 Å². The minimum absolute atomic E-state index is 0.0374. The van der Waals surface area contributed by atoms with E-state index < -0.39 is 17.5 Å². The number of rotatable bonds is 6. The fourth-order valence-corrected chi connectivity index (χ4v) is 5.22. The lowest BCUT2D eigenvalue weighted by molar-refractivity contribution is -0.174. The number of amides is 2. The van der Waals surface area contributed by atoms with E-state index in [0.717, 1.165) is 31.4 Å². The molecule has 2 aliphatic rings. The van der Waals surface area contributed by atoms with Crippen LogP contribution >= 0.6 is 0 Å². The molecule has 32 heavy (non-hydrogen) atoms. The normalized spacial score (nSPS) is 26.8. The van der Waals surface area contributed by atoms with Crippen LogP contribution in [0, 0.1) is 10.8 Å². The van der Waals surface area contributed by atoms with Crippen LogP contribution in [-0.2, 0) is 15.1 Å². The third-order valence-electron chi connectivity index (χ3n) is 7.14. The van der Waals surface area contributed by atoms with Gasteiger partial charge in [-0.3, -0.25) is 19.5 Å². The predicted octanol–water partition coefficient (Wildman–Crippen LogP) is 3.34. The summed E-state index contributed by atoms with van der Waals surface area (Å²) in [5.74, 6) is -1.91. The van der Waals surface area contributed by atoms with E-state index in [2.05, 4.69) is 30.0 Å². The van der Waals surface area contributed by atoms with Gasteiger partial charge in [0.1, 0.15) is 0 Å². The Morgan fingerprint density at radius 2 is 1.84 bits per heavy atom. The van der Waals surface area contributed by atoms with Gasteiger partial charge in [-0.2, -0.15) is 13.2 Å². The maximum absolute atomic E-state index is 12.8. The van der Waals surface area contributed by atoms with Crippen LogP contribution in [-0.4, -0.2) is 66.5 Å². The predicted molar refractivity (Wildman–Crippen MR) is 115 cm³/mol. The van der Waals surface area contributed by atoms with Crippen LogP contribution in [0.2, 0.25) is 0 Å². The van der Waals surface area contributed by atoms with E-state index in [1.165, 1.54) is 0 Å². The van der Waals surface area contributed by atoms with Crippen LogP contribution in [0.1, 0.15) is 51.6 Å². The monoisotopic (exact) mass is 454 g/mol. The fraction of sp³-hybridized carbons (Fsp3) is 0.696. The summed E-state index contributed by atoms with van der Waals surface area (Å²) in [5.41, 5.74) is 0.0985. The van der Waals surface area contributed by atoms with E-state index in [-0.39, 0.29) is 23.4 Å². The summed E-state index contributed by atoms with van der Waals surface area (Å²) >= 11 is 0. The van der Waals surface area contributed by atoms with E-state index in [4.69, 9.17) is 0 Å². The van der Waals surface area contributed by atoms with E-state index in [1.807, 2.05) is 23.6 Å². The number of likely N-dealkylation sites (tertiary alicyclic amines) is 1. The molecular formula is C23H33F3N4O2. The maximum Gasteiger partial charge on any atom is 0.471 e. The molecule has 6 nitrogen and oxygen atoms in total.